The molecule has 4 rings (SSSR count). The summed E-state index contributed by atoms with van der Waals surface area (Å²) in [5.74, 6) is -1.26. The van der Waals surface area contributed by atoms with Crippen molar-refractivity contribution in [3.05, 3.63) is 101 Å². The van der Waals surface area contributed by atoms with E-state index in [0.29, 0.717) is 16.8 Å². The molecule has 1 heterocycles. The van der Waals surface area contributed by atoms with Crippen molar-refractivity contribution in [2.75, 3.05) is 5.32 Å². The van der Waals surface area contributed by atoms with E-state index >= 15 is 0 Å². The first kappa shape index (κ1) is 19.6. The van der Waals surface area contributed by atoms with E-state index in [2.05, 4.69) is 5.32 Å². The molecule has 5 heteroatoms. The topological polar surface area (TPSA) is 66.5 Å². The molecule has 0 bridgehead atoms. The number of nitrogens with one attached hydrogen (secondary N) is 1. The smallest absolute Gasteiger partial charge is 0.262 e. The van der Waals surface area contributed by atoms with Crippen molar-refractivity contribution in [1.29, 1.82) is 0 Å². The van der Waals surface area contributed by atoms with E-state index in [1.807, 2.05) is 55.5 Å². The fourth-order valence-electron chi connectivity index (χ4n) is 3.72. The second-order valence-electron chi connectivity index (χ2n) is 7.27. The van der Waals surface area contributed by atoms with E-state index in [0.717, 1.165) is 22.4 Å². The molecule has 3 amide bonds. The second kappa shape index (κ2) is 8.33. The molecule has 150 valence electrons. The number of benzene rings is 3. The summed E-state index contributed by atoms with van der Waals surface area (Å²) in [7, 11) is 0. The standard InChI is InChI=1S/C25H22N2O3/c1-2-17-11-8-12-19(15-17)26-23(28)22(16-18-9-4-3-5-10-18)27-24(29)20-13-6-7-14-21(20)25(27)30/h3-15,22H,2,16H2,1H3,(H,26,28)/t22-/m0/s1. The first-order valence-electron chi connectivity index (χ1n) is 9.99. The van der Waals surface area contributed by atoms with Crippen LogP contribution >= 0.6 is 0 Å². The van der Waals surface area contributed by atoms with Gasteiger partial charge in [-0.3, -0.25) is 19.3 Å². The summed E-state index contributed by atoms with van der Waals surface area (Å²) in [5.41, 5.74) is 3.28. The van der Waals surface area contributed by atoms with E-state index in [9.17, 15) is 14.4 Å². The van der Waals surface area contributed by atoms with Gasteiger partial charge in [-0.1, -0.05) is 61.5 Å². The van der Waals surface area contributed by atoms with Crippen molar-refractivity contribution in [3.8, 4) is 0 Å². The molecule has 1 aliphatic rings. The molecule has 0 saturated carbocycles. The largest absolute Gasteiger partial charge is 0.324 e. The molecule has 0 fully saturated rings. The van der Waals surface area contributed by atoms with Crippen molar-refractivity contribution < 1.29 is 14.4 Å². The number of nitrogens with zero attached hydrogens (tertiary/aromatic N) is 1. The summed E-state index contributed by atoms with van der Waals surface area (Å²) in [6.07, 6.45) is 1.08. The molecule has 1 aliphatic heterocycles. The third-order valence-corrected chi connectivity index (χ3v) is 5.31. The number of amides is 3. The fourth-order valence-corrected chi connectivity index (χ4v) is 3.72. The Labute approximate surface area is 175 Å². The molecule has 1 N–H and O–H groups in total. The van der Waals surface area contributed by atoms with Crippen LogP contribution in [0.3, 0.4) is 0 Å². The number of anilines is 1. The van der Waals surface area contributed by atoms with Gasteiger partial charge in [0, 0.05) is 12.1 Å². The Bertz CT molecular complexity index is 1070. The maximum Gasteiger partial charge on any atom is 0.262 e. The third kappa shape index (κ3) is 3.74. The zero-order valence-electron chi connectivity index (χ0n) is 16.7. The average Bonchev–Trinajstić information content (AvgIpc) is 3.03. The van der Waals surface area contributed by atoms with E-state index < -0.39 is 17.9 Å². The maximum atomic E-state index is 13.3. The minimum Gasteiger partial charge on any atom is -0.324 e. The number of carbonyl (C=O) groups is 3. The fraction of sp³-hybridized carbons (Fsp3) is 0.160. The molecule has 0 aliphatic carbocycles. The third-order valence-electron chi connectivity index (χ3n) is 5.31. The highest BCUT2D eigenvalue weighted by Gasteiger charge is 2.42. The highest BCUT2D eigenvalue weighted by atomic mass is 16.2. The minimum absolute atomic E-state index is 0.242. The first-order valence-corrected chi connectivity index (χ1v) is 9.99. The van der Waals surface area contributed by atoms with Crippen molar-refractivity contribution in [2.45, 2.75) is 25.8 Å². The Morgan fingerprint density at radius 1 is 0.833 bits per heavy atom. The normalized spacial score (nSPS) is 13.8. The van der Waals surface area contributed by atoms with Crippen molar-refractivity contribution >= 4 is 23.4 Å². The highest BCUT2D eigenvalue weighted by molar-refractivity contribution is 6.23. The number of rotatable bonds is 6. The summed E-state index contributed by atoms with van der Waals surface area (Å²) in [6.45, 7) is 2.04. The number of hydrogen-bond acceptors (Lipinski definition) is 3. The van der Waals surface area contributed by atoms with Crippen LogP contribution < -0.4 is 5.32 Å². The van der Waals surface area contributed by atoms with Gasteiger partial charge in [0.25, 0.3) is 11.8 Å². The van der Waals surface area contributed by atoms with Gasteiger partial charge in [0.1, 0.15) is 6.04 Å². The van der Waals surface area contributed by atoms with Gasteiger partial charge in [0.2, 0.25) is 5.91 Å². The molecule has 0 aromatic heterocycles. The molecule has 0 saturated heterocycles. The van der Waals surface area contributed by atoms with Crippen LogP contribution in [0.1, 0.15) is 38.8 Å². The van der Waals surface area contributed by atoms with Crippen LogP contribution in [0.4, 0.5) is 5.69 Å². The number of carbonyl (C=O) groups excluding carboxylic acids is 3. The van der Waals surface area contributed by atoms with Crippen molar-refractivity contribution in [2.24, 2.45) is 0 Å². The van der Waals surface area contributed by atoms with E-state index in [1.165, 1.54) is 0 Å². The predicted molar refractivity (Wildman–Crippen MR) is 115 cm³/mol. The van der Waals surface area contributed by atoms with Gasteiger partial charge in [-0.25, -0.2) is 0 Å². The van der Waals surface area contributed by atoms with Gasteiger partial charge in [0.15, 0.2) is 0 Å². The van der Waals surface area contributed by atoms with Crippen LogP contribution in [0, 0.1) is 0 Å². The quantitative estimate of drug-likeness (QED) is 0.636. The lowest BCUT2D eigenvalue weighted by atomic mass is 10.0. The monoisotopic (exact) mass is 398 g/mol. The van der Waals surface area contributed by atoms with Crippen molar-refractivity contribution in [1.82, 2.24) is 4.90 Å². The Kier molecular flexibility index (Phi) is 5.44. The highest BCUT2D eigenvalue weighted by Crippen LogP contribution is 2.26. The van der Waals surface area contributed by atoms with Crippen LogP contribution in [0.2, 0.25) is 0 Å². The van der Waals surface area contributed by atoms with Crippen LogP contribution in [-0.2, 0) is 17.6 Å². The predicted octanol–water partition coefficient (Wildman–Crippen LogP) is 4.10. The molecule has 5 nitrogen and oxygen atoms in total. The van der Waals surface area contributed by atoms with Gasteiger partial charge in [0.05, 0.1) is 11.1 Å². The lowest BCUT2D eigenvalue weighted by Crippen LogP contribution is -2.48. The zero-order chi connectivity index (χ0) is 21.1. The molecule has 3 aromatic carbocycles. The molecule has 3 aromatic rings. The van der Waals surface area contributed by atoms with Crippen molar-refractivity contribution in [3.63, 3.8) is 0 Å². The van der Waals surface area contributed by atoms with Crippen LogP contribution in [-0.4, -0.2) is 28.7 Å². The van der Waals surface area contributed by atoms with E-state index in [1.54, 1.807) is 30.3 Å². The summed E-state index contributed by atoms with van der Waals surface area (Å²) in [4.78, 5) is 40.4. The average molecular weight is 398 g/mol. The lowest BCUT2D eigenvalue weighted by molar-refractivity contribution is -0.119. The summed E-state index contributed by atoms with van der Waals surface area (Å²) in [6, 6.07) is 22.7. The molecule has 30 heavy (non-hydrogen) atoms. The molecule has 0 unspecified atom stereocenters. The van der Waals surface area contributed by atoms with Crippen LogP contribution in [0.5, 0.6) is 0 Å². The Hall–Kier alpha value is -3.73. The Morgan fingerprint density at radius 3 is 2.07 bits per heavy atom. The summed E-state index contributed by atoms with van der Waals surface area (Å²) < 4.78 is 0. The maximum absolute atomic E-state index is 13.3. The van der Waals surface area contributed by atoms with E-state index in [-0.39, 0.29) is 12.3 Å². The molecular weight excluding hydrogens is 376 g/mol. The first-order chi connectivity index (χ1) is 14.6. The minimum atomic E-state index is -0.954. The SMILES string of the molecule is CCc1cccc(NC(=O)[C@H](Cc2ccccc2)N2C(=O)c3ccccc3C2=O)c1. The van der Waals surface area contributed by atoms with Gasteiger partial charge < -0.3 is 5.32 Å². The molecule has 0 spiro atoms. The zero-order valence-corrected chi connectivity index (χ0v) is 16.7. The number of imide groups is 1. The van der Waals surface area contributed by atoms with E-state index in [4.69, 9.17) is 0 Å². The molecular formula is C25H22N2O3. The molecule has 1 atom stereocenters. The summed E-state index contributed by atoms with van der Waals surface area (Å²) >= 11 is 0. The Morgan fingerprint density at radius 2 is 1.43 bits per heavy atom. The van der Waals surface area contributed by atoms with Gasteiger partial charge in [-0.05, 0) is 41.8 Å². The lowest BCUT2D eigenvalue weighted by Gasteiger charge is -2.25. The van der Waals surface area contributed by atoms with Gasteiger partial charge >= 0.3 is 0 Å². The second-order valence-corrected chi connectivity index (χ2v) is 7.27. The van der Waals surface area contributed by atoms with Crippen LogP contribution in [0.15, 0.2) is 78.9 Å². The van der Waals surface area contributed by atoms with Crippen LogP contribution in [0.25, 0.3) is 0 Å². The number of aryl methyl sites for hydroxylation is 1. The number of fused-ring (bicyclic) bond motifs is 1. The number of hydrogen-bond donors (Lipinski definition) is 1. The summed E-state index contributed by atoms with van der Waals surface area (Å²) in [5, 5.41) is 2.90. The van der Waals surface area contributed by atoms with Gasteiger partial charge in [-0.15, -0.1) is 0 Å². The van der Waals surface area contributed by atoms with Gasteiger partial charge in [-0.2, -0.15) is 0 Å². The Balaban J connectivity index is 1.67. The molecule has 0 radical (unpaired) electrons.